The van der Waals surface area contributed by atoms with Crippen LogP contribution in [0.4, 0.5) is 5.82 Å². The zero-order chi connectivity index (χ0) is 12.0. The highest BCUT2D eigenvalue weighted by atomic mass is 79.9. The number of hydrogen-bond donors (Lipinski definition) is 0. The lowest BCUT2D eigenvalue weighted by Gasteiger charge is -2.18. The maximum atomic E-state index is 4.73. The van der Waals surface area contributed by atoms with Gasteiger partial charge in [0, 0.05) is 25.1 Å². The fraction of sp³-hybridized carbons (Fsp3) is 0.692. The Kier molecular flexibility index (Phi) is 2.85. The minimum absolute atomic E-state index is 0.615. The van der Waals surface area contributed by atoms with Gasteiger partial charge in [-0.05, 0) is 40.6 Å². The molecule has 0 bridgehead atoms. The number of anilines is 1. The fourth-order valence-corrected chi connectivity index (χ4v) is 2.81. The van der Waals surface area contributed by atoms with Crippen LogP contribution in [0.2, 0.25) is 0 Å². The molecule has 2 aliphatic rings. The van der Waals surface area contributed by atoms with E-state index in [-0.39, 0.29) is 0 Å². The number of rotatable bonds is 2. The van der Waals surface area contributed by atoms with E-state index < -0.39 is 0 Å². The Hall–Kier alpha value is -0.640. The van der Waals surface area contributed by atoms with Crippen LogP contribution < -0.4 is 4.90 Å². The summed E-state index contributed by atoms with van der Waals surface area (Å²) in [6, 6.07) is 2.05. The molecule has 17 heavy (non-hydrogen) atoms. The summed E-state index contributed by atoms with van der Waals surface area (Å²) in [5.74, 6) is 4.26. The Bertz CT molecular complexity index is 421. The summed E-state index contributed by atoms with van der Waals surface area (Å²) in [4.78, 5) is 11.6. The molecule has 4 heteroatoms. The molecule has 3 nitrogen and oxygen atoms in total. The average Bonchev–Trinajstić information content (AvgIpc) is 3.06. The summed E-state index contributed by atoms with van der Waals surface area (Å²) in [5.41, 5.74) is 0. The maximum absolute atomic E-state index is 4.73. The van der Waals surface area contributed by atoms with E-state index >= 15 is 0 Å². The minimum Gasteiger partial charge on any atom is -0.356 e. The molecule has 1 saturated carbocycles. The van der Waals surface area contributed by atoms with Crippen LogP contribution in [-0.2, 0) is 0 Å². The monoisotopic (exact) mass is 295 g/mol. The van der Waals surface area contributed by atoms with Crippen LogP contribution in [0.5, 0.6) is 0 Å². The predicted octanol–water partition coefficient (Wildman–Crippen LogP) is 3.21. The molecule has 2 heterocycles. The van der Waals surface area contributed by atoms with E-state index in [0.29, 0.717) is 5.92 Å². The summed E-state index contributed by atoms with van der Waals surface area (Å²) >= 11 is 3.51. The number of hydrogen-bond acceptors (Lipinski definition) is 3. The van der Waals surface area contributed by atoms with Crippen LogP contribution >= 0.6 is 15.9 Å². The molecule has 0 radical (unpaired) electrons. The Morgan fingerprint density at radius 3 is 2.41 bits per heavy atom. The number of nitrogens with zero attached hydrogens (tertiary/aromatic N) is 3. The van der Waals surface area contributed by atoms with Crippen molar-refractivity contribution in [3.8, 4) is 0 Å². The van der Waals surface area contributed by atoms with Crippen molar-refractivity contribution in [1.82, 2.24) is 9.97 Å². The summed E-state index contributed by atoms with van der Waals surface area (Å²) in [6.45, 7) is 6.88. The highest BCUT2D eigenvalue weighted by Crippen LogP contribution is 2.39. The van der Waals surface area contributed by atoms with Gasteiger partial charge in [-0.25, -0.2) is 9.97 Å². The van der Waals surface area contributed by atoms with Crippen molar-refractivity contribution in [1.29, 1.82) is 0 Å². The van der Waals surface area contributed by atoms with Gasteiger partial charge in [0.15, 0.2) is 0 Å². The van der Waals surface area contributed by atoms with E-state index in [4.69, 9.17) is 4.98 Å². The predicted molar refractivity (Wildman–Crippen MR) is 72.2 cm³/mol. The van der Waals surface area contributed by atoms with Gasteiger partial charge in [0.25, 0.3) is 0 Å². The molecule has 1 aromatic heterocycles. The smallest absolute Gasteiger partial charge is 0.135 e. The Balaban J connectivity index is 1.87. The fourth-order valence-electron chi connectivity index (χ4n) is 2.43. The summed E-state index contributed by atoms with van der Waals surface area (Å²) in [7, 11) is 0. The van der Waals surface area contributed by atoms with Gasteiger partial charge in [-0.2, -0.15) is 0 Å². The van der Waals surface area contributed by atoms with Crippen LogP contribution in [0.15, 0.2) is 10.7 Å². The molecule has 0 spiro atoms. The zero-order valence-corrected chi connectivity index (χ0v) is 11.9. The summed E-state index contributed by atoms with van der Waals surface area (Å²) in [6.07, 6.45) is 2.51. The minimum atomic E-state index is 0.615. The van der Waals surface area contributed by atoms with E-state index in [0.717, 1.165) is 41.2 Å². The van der Waals surface area contributed by atoms with Gasteiger partial charge in [0.1, 0.15) is 16.2 Å². The van der Waals surface area contributed by atoms with Crippen LogP contribution in [0, 0.1) is 11.8 Å². The first kappa shape index (κ1) is 11.5. The van der Waals surface area contributed by atoms with E-state index in [1.807, 2.05) is 0 Å². The molecule has 1 aliphatic carbocycles. The lowest BCUT2D eigenvalue weighted by Crippen LogP contribution is -2.21. The van der Waals surface area contributed by atoms with Crippen molar-refractivity contribution in [3.05, 3.63) is 16.5 Å². The highest BCUT2D eigenvalue weighted by Gasteiger charge is 2.30. The lowest BCUT2D eigenvalue weighted by atomic mass is 10.0. The summed E-state index contributed by atoms with van der Waals surface area (Å²) < 4.78 is 0.927. The molecule has 2 unspecified atom stereocenters. The molecule has 0 amide bonds. The second-order valence-corrected chi connectivity index (χ2v) is 6.35. The third-order valence-corrected chi connectivity index (χ3v) is 4.36. The average molecular weight is 296 g/mol. The first-order chi connectivity index (χ1) is 8.13. The molecule has 92 valence electrons. The van der Waals surface area contributed by atoms with E-state index in [1.54, 1.807) is 0 Å². The molecule has 1 aliphatic heterocycles. The van der Waals surface area contributed by atoms with Crippen molar-refractivity contribution in [2.24, 2.45) is 11.8 Å². The molecule has 0 N–H and O–H groups in total. The van der Waals surface area contributed by atoms with Gasteiger partial charge in [0.05, 0.1) is 0 Å². The van der Waals surface area contributed by atoms with Crippen LogP contribution in [0.3, 0.4) is 0 Å². The molecular formula is C13H18BrN3. The Morgan fingerprint density at radius 1 is 1.18 bits per heavy atom. The third kappa shape index (κ3) is 2.32. The van der Waals surface area contributed by atoms with Crippen molar-refractivity contribution >= 4 is 21.7 Å². The van der Waals surface area contributed by atoms with Crippen molar-refractivity contribution in [3.63, 3.8) is 0 Å². The highest BCUT2D eigenvalue weighted by molar-refractivity contribution is 9.10. The van der Waals surface area contributed by atoms with E-state index in [1.165, 1.54) is 12.8 Å². The lowest BCUT2D eigenvalue weighted by molar-refractivity contribution is 0.494. The molecule has 3 rings (SSSR count). The van der Waals surface area contributed by atoms with Gasteiger partial charge in [-0.1, -0.05) is 13.8 Å². The largest absolute Gasteiger partial charge is 0.356 e. The quantitative estimate of drug-likeness (QED) is 0.785. The van der Waals surface area contributed by atoms with Crippen molar-refractivity contribution in [2.45, 2.75) is 32.6 Å². The van der Waals surface area contributed by atoms with Crippen molar-refractivity contribution < 1.29 is 0 Å². The zero-order valence-electron chi connectivity index (χ0n) is 10.4. The second kappa shape index (κ2) is 4.23. The molecule has 1 saturated heterocycles. The standard InChI is InChI=1S/C13H18BrN3/c1-8-6-17(7-9(8)2)12-5-11(14)15-13(16-12)10-3-4-10/h5,8-10H,3-4,6-7H2,1-2H3. The van der Waals surface area contributed by atoms with Crippen LogP contribution in [-0.4, -0.2) is 23.1 Å². The van der Waals surface area contributed by atoms with Crippen LogP contribution in [0.1, 0.15) is 38.4 Å². The summed E-state index contributed by atoms with van der Waals surface area (Å²) in [5, 5.41) is 0. The molecular weight excluding hydrogens is 278 g/mol. The van der Waals surface area contributed by atoms with Crippen molar-refractivity contribution in [2.75, 3.05) is 18.0 Å². The van der Waals surface area contributed by atoms with Gasteiger partial charge in [-0.15, -0.1) is 0 Å². The van der Waals surface area contributed by atoms with Gasteiger partial charge < -0.3 is 4.90 Å². The van der Waals surface area contributed by atoms with Gasteiger partial charge >= 0.3 is 0 Å². The first-order valence-corrected chi connectivity index (χ1v) is 7.22. The van der Waals surface area contributed by atoms with Gasteiger partial charge in [-0.3, -0.25) is 0 Å². The van der Waals surface area contributed by atoms with E-state index in [9.17, 15) is 0 Å². The topological polar surface area (TPSA) is 29.0 Å². The molecule has 2 atom stereocenters. The molecule has 2 fully saturated rings. The SMILES string of the molecule is CC1CN(c2cc(Br)nc(C3CC3)n2)CC1C. The molecule has 0 aromatic carbocycles. The normalized spacial score (nSPS) is 28.8. The maximum Gasteiger partial charge on any atom is 0.135 e. The second-order valence-electron chi connectivity index (χ2n) is 5.54. The van der Waals surface area contributed by atoms with E-state index in [2.05, 4.69) is 45.7 Å². The first-order valence-electron chi connectivity index (χ1n) is 6.43. The van der Waals surface area contributed by atoms with Gasteiger partial charge in [0.2, 0.25) is 0 Å². The molecule has 1 aromatic rings. The Morgan fingerprint density at radius 2 is 1.82 bits per heavy atom. The number of halogens is 1. The third-order valence-electron chi connectivity index (χ3n) is 3.95. The number of aromatic nitrogens is 2. The Labute approximate surface area is 111 Å². The van der Waals surface area contributed by atoms with Crippen LogP contribution in [0.25, 0.3) is 0 Å².